The van der Waals surface area contributed by atoms with Gasteiger partial charge in [-0.2, -0.15) is 0 Å². The van der Waals surface area contributed by atoms with Crippen LogP contribution in [0.5, 0.6) is 0 Å². The van der Waals surface area contributed by atoms with Gasteiger partial charge in [-0.1, -0.05) is 12.1 Å². The van der Waals surface area contributed by atoms with Crippen molar-refractivity contribution in [2.45, 2.75) is 0 Å². The van der Waals surface area contributed by atoms with Crippen molar-refractivity contribution >= 4 is 51.7 Å². The second kappa shape index (κ2) is 6.37. The molecule has 6 heteroatoms. The third-order valence-corrected chi connectivity index (χ3v) is 3.80. The Labute approximate surface area is 145 Å². The number of benzene rings is 2. The predicted octanol–water partition coefficient (Wildman–Crippen LogP) is 4.61. The predicted molar refractivity (Wildman–Crippen MR) is 101 cm³/mol. The molecule has 2 aromatic carbocycles. The molecule has 4 aromatic rings. The van der Waals surface area contributed by atoms with Crippen molar-refractivity contribution in [1.82, 2.24) is 9.97 Å². The summed E-state index contributed by atoms with van der Waals surface area (Å²) in [7, 11) is 4.04. The zero-order valence-corrected chi connectivity index (χ0v) is 14.2. The number of halogens is 1. The molecule has 0 spiro atoms. The van der Waals surface area contributed by atoms with Gasteiger partial charge in [-0.25, -0.2) is 9.97 Å². The molecule has 0 amide bonds. The van der Waals surface area contributed by atoms with Gasteiger partial charge in [-0.05, 0) is 36.4 Å². The first-order valence-corrected chi connectivity index (χ1v) is 7.39. The number of para-hydroxylation sites is 1. The van der Waals surface area contributed by atoms with Crippen LogP contribution in [0.25, 0.3) is 22.1 Å². The molecule has 0 unspecified atom stereocenters. The molecule has 0 fully saturated rings. The van der Waals surface area contributed by atoms with Gasteiger partial charge in [0, 0.05) is 30.9 Å². The highest BCUT2D eigenvalue weighted by atomic mass is 35.5. The highest BCUT2D eigenvalue weighted by Gasteiger charge is 2.12. The standard InChI is InChI=1S/C18H16N4O.ClH/c1-22(2)13-9-7-12(8-10-13)21-18-17-16(19-11-20-18)14-5-3-4-6-15(14)23-17;/h3-11H,1-2H3,(H,19,20,21);1H. The quantitative estimate of drug-likeness (QED) is 0.590. The molecule has 0 saturated heterocycles. The fraction of sp³-hybridized carbons (Fsp3) is 0.111. The van der Waals surface area contributed by atoms with E-state index in [1.54, 1.807) is 6.33 Å². The lowest BCUT2D eigenvalue weighted by Gasteiger charge is -2.13. The largest absolute Gasteiger partial charge is 0.450 e. The highest BCUT2D eigenvalue weighted by Crippen LogP contribution is 2.31. The van der Waals surface area contributed by atoms with Gasteiger partial charge in [-0.15, -0.1) is 12.4 Å². The lowest BCUT2D eigenvalue weighted by molar-refractivity contribution is 0.667. The summed E-state index contributed by atoms with van der Waals surface area (Å²) in [5.74, 6) is 0.670. The lowest BCUT2D eigenvalue weighted by atomic mass is 10.2. The second-order valence-corrected chi connectivity index (χ2v) is 5.56. The SMILES string of the molecule is CN(C)c1ccc(Nc2ncnc3c2oc2ccccc23)cc1.Cl. The number of anilines is 3. The van der Waals surface area contributed by atoms with Crippen molar-refractivity contribution in [3.63, 3.8) is 0 Å². The van der Waals surface area contributed by atoms with Crippen LogP contribution in [0.4, 0.5) is 17.2 Å². The summed E-state index contributed by atoms with van der Waals surface area (Å²) in [5.41, 5.74) is 4.41. The van der Waals surface area contributed by atoms with Gasteiger partial charge >= 0.3 is 0 Å². The van der Waals surface area contributed by atoms with E-state index in [1.165, 1.54) is 0 Å². The summed E-state index contributed by atoms with van der Waals surface area (Å²) in [6.45, 7) is 0. The van der Waals surface area contributed by atoms with Crippen molar-refractivity contribution in [2.24, 2.45) is 0 Å². The third-order valence-electron chi connectivity index (χ3n) is 3.80. The molecule has 0 aliphatic rings. The summed E-state index contributed by atoms with van der Waals surface area (Å²) >= 11 is 0. The monoisotopic (exact) mass is 340 g/mol. The fourth-order valence-corrected chi connectivity index (χ4v) is 2.59. The van der Waals surface area contributed by atoms with Gasteiger partial charge in [-0.3, -0.25) is 0 Å². The van der Waals surface area contributed by atoms with Crippen molar-refractivity contribution in [2.75, 3.05) is 24.3 Å². The summed E-state index contributed by atoms with van der Waals surface area (Å²) < 4.78 is 5.92. The first-order valence-electron chi connectivity index (χ1n) is 7.39. The van der Waals surface area contributed by atoms with Crippen molar-refractivity contribution in [3.8, 4) is 0 Å². The normalized spacial score (nSPS) is 10.6. The van der Waals surface area contributed by atoms with Gasteiger partial charge in [0.15, 0.2) is 11.4 Å². The Morgan fingerprint density at radius 2 is 1.71 bits per heavy atom. The number of nitrogens with one attached hydrogen (secondary N) is 1. The summed E-state index contributed by atoms with van der Waals surface area (Å²) in [6.07, 6.45) is 1.56. The molecule has 0 bridgehead atoms. The van der Waals surface area contributed by atoms with E-state index in [1.807, 2.05) is 50.5 Å². The highest BCUT2D eigenvalue weighted by molar-refractivity contribution is 6.05. The van der Waals surface area contributed by atoms with Crippen LogP contribution in [0.2, 0.25) is 0 Å². The summed E-state index contributed by atoms with van der Waals surface area (Å²) in [4.78, 5) is 10.7. The number of aromatic nitrogens is 2. The van der Waals surface area contributed by atoms with Crippen LogP contribution in [0.3, 0.4) is 0 Å². The molecule has 2 aromatic heterocycles. The number of fused-ring (bicyclic) bond motifs is 3. The minimum atomic E-state index is 0. The molecule has 4 rings (SSSR count). The minimum absolute atomic E-state index is 0. The summed E-state index contributed by atoms with van der Waals surface area (Å²) in [6, 6.07) is 16.0. The van der Waals surface area contributed by atoms with E-state index in [0.29, 0.717) is 11.4 Å². The van der Waals surface area contributed by atoms with Crippen LogP contribution in [-0.2, 0) is 0 Å². The zero-order valence-electron chi connectivity index (χ0n) is 13.4. The molecule has 5 nitrogen and oxygen atoms in total. The minimum Gasteiger partial charge on any atom is -0.450 e. The number of hydrogen-bond acceptors (Lipinski definition) is 5. The zero-order chi connectivity index (χ0) is 15.8. The smallest absolute Gasteiger partial charge is 0.196 e. The Kier molecular flexibility index (Phi) is 4.27. The number of nitrogens with zero attached hydrogens (tertiary/aromatic N) is 3. The van der Waals surface area contributed by atoms with E-state index in [2.05, 4.69) is 32.3 Å². The second-order valence-electron chi connectivity index (χ2n) is 5.56. The molecule has 0 aliphatic heterocycles. The Morgan fingerprint density at radius 1 is 0.958 bits per heavy atom. The molecule has 1 N–H and O–H groups in total. The maximum atomic E-state index is 5.92. The maximum Gasteiger partial charge on any atom is 0.196 e. The average molecular weight is 341 g/mol. The summed E-state index contributed by atoms with van der Waals surface area (Å²) in [5, 5.41) is 4.31. The first kappa shape index (κ1) is 16.1. The molecular formula is C18H17ClN4O. The van der Waals surface area contributed by atoms with E-state index in [4.69, 9.17) is 4.42 Å². The molecule has 24 heavy (non-hydrogen) atoms. The fourth-order valence-electron chi connectivity index (χ4n) is 2.59. The van der Waals surface area contributed by atoms with Gasteiger partial charge in [0.05, 0.1) is 0 Å². The molecule has 2 heterocycles. The molecule has 0 atom stereocenters. The van der Waals surface area contributed by atoms with Crippen molar-refractivity contribution < 1.29 is 4.42 Å². The first-order chi connectivity index (χ1) is 11.2. The molecule has 0 saturated carbocycles. The van der Waals surface area contributed by atoms with Gasteiger partial charge < -0.3 is 14.6 Å². The van der Waals surface area contributed by atoms with Gasteiger partial charge in [0.2, 0.25) is 0 Å². The molecule has 0 radical (unpaired) electrons. The van der Waals surface area contributed by atoms with E-state index in [0.717, 1.165) is 27.9 Å². The average Bonchev–Trinajstić information content (AvgIpc) is 2.95. The van der Waals surface area contributed by atoms with Gasteiger partial charge in [0.25, 0.3) is 0 Å². The van der Waals surface area contributed by atoms with Crippen LogP contribution in [0, 0.1) is 0 Å². The van der Waals surface area contributed by atoms with E-state index in [-0.39, 0.29) is 12.4 Å². The van der Waals surface area contributed by atoms with E-state index >= 15 is 0 Å². The van der Waals surface area contributed by atoms with Crippen LogP contribution in [-0.4, -0.2) is 24.1 Å². The Morgan fingerprint density at radius 3 is 2.46 bits per heavy atom. The molecular weight excluding hydrogens is 324 g/mol. The Hall–Kier alpha value is -2.79. The van der Waals surface area contributed by atoms with Crippen LogP contribution < -0.4 is 10.2 Å². The van der Waals surface area contributed by atoms with Crippen LogP contribution in [0.1, 0.15) is 0 Å². The third kappa shape index (κ3) is 2.74. The number of furan rings is 1. The number of hydrogen-bond donors (Lipinski definition) is 1. The topological polar surface area (TPSA) is 54.2 Å². The van der Waals surface area contributed by atoms with Crippen molar-refractivity contribution in [3.05, 3.63) is 54.9 Å². The van der Waals surface area contributed by atoms with Gasteiger partial charge in [0.1, 0.15) is 17.4 Å². The lowest BCUT2D eigenvalue weighted by Crippen LogP contribution is -2.08. The maximum absolute atomic E-state index is 5.92. The number of rotatable bonds is 3. The molecule has 122 valence electrons. The molecule has 0 aliphatic carbocycles. The van der Waals surface area contributed by atoms with E-state index in [9.17, 15) is 0 Å². The Balaban J connectivity index is 0.00000169. The van der Waals surface area contributed by atoms with E-state index < -0.39 is 0 Å². The Bertz CT molecular complexity index is 979. The van der Waals surface area contributed by atoms with Crippen LogP contribution >= 0.6 is 12.4 Å². The van der Waals surface area contributed by atoms with Crippen molar-refractivity contribution in [1.29, 1.82) is 0 Å². The van der Waals surface area contributed by atoms with Crippen LogP contribution in [0.15, 0.2) is 59.3 Å².